The Morgan fingerprint density at radius 1 is 0.490 bits per heavy atom. The van der Waals surface area contributed by atoms with Crippen LogP contribution in [0.4, 0.5) is 0 Å². The summed E-state index contributed by atoms with van der Waals surface area (Å²) in [6.45, 7) is 0. The molecule has 242 valence electrons. The van der Waals surface area contributed by atoms with Gasteiger partial charge in [-0.25, -0.2) is 15.0 Å². The SMILES string of the molecule is C1=CC(c2nc(C3=CC=C(c4ccc5ccccc5c4)CC3)nc(-c3ccc4ccc(-c5cccc6oc7ccccc7c56)cc4c3)n2)=CCC1. The molecule has 0 amide bonds. The van der Waals surface area contributed by atoms with Crippen LogP contribution in [0.2, 0.25) is 0 Å². The quantitative estimate of drug-likeness (QED) is 0.185. The maximum atomic E-state index is 6.21. The average molecular weight is 656 g/mol. The lowest BCUT2D eigenvalue weighted by Gasteiger charge is -2.16. The minimum atomic E-state index is 0.690. The van der Waals surface area contributed by atoms with Crippen LogP contribution in [0.3, 0.4) is 0 Å². The predicted octanol–water partition coefficient (Wildman–Crippen LogP) is 12.4. The summed E-state index contributed by atoms with van der Waals surface area (Å²) in [5.41, 5.74) is 9.87. The van der Waals surface area contributed by atoms with E-state index in [0.717, 1.165) is 92.5 Å². The van der Waals surface area contributed by atoms with Crippen LogP contribution in [-0.4, -0.2) is 15.0 Å². The number of hydrogen-bond donors (Lipinski definition) is 0. The summed E-state index contributed by atoms with van der Waals surface area (Å²) >= 11 is 0. The minimum Gasteiger partial charge on any atom is -0.456 e. The van der Waals surface area contributed by atoms with Gasteiger partial charge in [-0.3, -0.25) is 0 Å². The Hall–Kier alpha value is -6.39. The Bertz CT molecular complexity index is 2810. The second-order valence-corrected chi connectivity index (χ2v) is 13.4. The number of fused-ring (bicyclic) bond motifs is 5. The maximum Gasteiger partial charge on any atom is 0.164 e. The fourth-order valence-corrected chi connectivity index (χ4v) is 7.58. The van der Waals surface area contributed by atoms with E-state index in [4.69, 9.17) is 19.4 Å². The van der Waals surface area contributed by atoms with Crippen LogP contribution in [0.25, 0.3) is 82.7 Å². The number of furan rings is 1. The molecule has 0 spiro atoms. The summed E-state index contributed by atoms with van der Waals surface area (Å²) < 4.78 is 6.21. The third-order valence-corrected chi connectivity index (χ3v) is 10.3. The first-order chi connectivity index (χ1) is 25.2. The predicted molar refractivity (Wildman–Crippen MR) is 211 cm³/mol. The second kappa shape index (κ2) is 12.2. The average Bonchev–Trinajstić information content (AvgIpc) is 3.59. The van der Waals surface area contributed by atoms with E-state index < -0.39 is 0 Å². The van der Waals surface area contributed by atoms with Crippen molar-refractivity contribution in [1.82, 2.24) is 15.0 Å². The molecule has 2 aromatic heterocycles. The highest BCUT2D eigenvalue weighted by Crippen LogP contribution is 2.38. The van der Waals surface area contributed by atoms with Gasteiger partial charge in [0.05, 0.1) is 0 Å². The largest absolute Gasteiger partial charge is 0.456 e. The van der Waals surface area contributed by atoms with Crippen LogP contribution >= 0.6 is 0 Å². The fraction of sp³-hybridized carbons (Fsp3) is 0.0851. The van der Waals surface area contributed by atoms with E-state index in [2.05, 4.69) is 134 Å². The molecule has 4 nitrogen and oxygen atoms in total. The van der Waals surface area contributed by atoms with Crippen LogP contribution in [0.5, 0.6) is 0 Å². The smallest absolute Gasteiger partial charge is 0.164 e. The molecule has 0 saturated carbocycles. The van der Waals surface area contributed by atoms with Gasteiger partial charge in [-0.1, -0.05) is 121 Å². The number of allylic oxidation sites excluding steroid dienone is 8. The summed E-state index contributed by atoms with van der Waals surface area (Å²) in [7, 11) is 0. The van der Waals surface area contributed by atoms with Crippen molar-refractivity contribution in [2.45, 2.75) is 25.7 Å². The molecule has 0 N–H and O–H groups in total. The van der Waals surface area contributed by atoms with Crippen molar-refractivity contribution in [3.05, 3.63) is 169 Å². The van der Waals surface area contributed by atoms with Gasteiger partial charge < -0.3 is 4.42 Å². The van der Waals surface area contributed by atoms with Gasteiger partial charge in [-0.15, -0.1) is 0 Å². The van der Waals surface area contributed by atoms with Crippen molar-refractivity contribution < 1.29 is 4.42 Å². The molecule has 8 aromatic rings. The molecule has 2 aliphatic rings. The Balaban J connectivity index is 1.06. The van der Waals surface area contributed by atoms with E-state index in [0.29, 0.717) is 5.82 Å². The number of benzene rings is 6. The lowest BCUT2D eigenvalue weighted by Crippen LogP contribution is -2.06. The molecule has 10 rings (SSSR count). The standard InChI is InChI=1S/C47H33N3O/c1-2-10-33(11-3-1)45-48-46(34-22-17-31(18-23-34)36-24-19-30-9-4-5-12-35(30)27-36)50-47(49-45)38-26-21-32-20-25-37(28-39(32)29-38)40-14-8-16-43-44(40)41-13-6-7-15-42(41)51-43/h2,4-17,19-22,24-29H,1,3,18,23H2. The van der Waals surface area contributed by atoms with E-state index in [-0.39, 0.29) is 0 Å². The monoisotopic (exact) mass is 655 g/mol. The summed E-state index contributed by atoms with van der Waals surface area (Å²) in [6.07, 6.45) is 14.9. The summed E-state index contributed by atoms with van der Waals surface area (Å²) in [4.78, 5) is 15.3. The zero-order valence-electron chi connectivity index (χ0n) is 28.0. The number of aromatic nitrogens is 3. The lowest BCUT2D eigenvalue weighted by molar-refractivity contribution is 0.669. The van der Waals surface area contributed by atoms with Crippen LogP contribution < -0.4 is 0 Å². The highest BCUT2D eigenvalue weighted by molar-refractivity contribution is 6.13. The van der Waals surface area contributed by atoms with Gasteiger partial charge in [0, 0.05) is 21.9 Å². The zero-order valence-corrected chi connectivity index (χ0v) is 28.0. The van der Waals surface area contributed by atoms with Gasteiger partial charge in [0.1, 0.15) is 11.2 Å². The molecule has 0 radical (unpaired) electrons. The van der Waals surface area contributed by atoms with Crippen molar-refractivity contribution in [3.63, 3.8) is 0 Å². The zero-order chi connectivity index (χ0) is 33.7. The molecule has 0 aliphatic heterocycles. The molecule has 4 heteroatoms. The topological polar surface area (TPSA) is 51.8 Å². The van der Waals surface area contributed by atoms with E-state index in [1.807, 2.05) is 18.2 Å². The molecule has 2 aliphatic carbocycles. The lowest BCUT2D eigenvalue weighted by atomic mass is 9.91. The third-order valence-electron chi connectivity index (χ3n) is 10.3. The minimum absolute atomic E-state index is 0.690. The van der Waals surface area contributed by atoms with E-state index in [1.165, 1.54) is 27.3 Å². The van der Waals surface area contributed by atoms with Gasteiger partial charge in [0.25, 0.3) is 0 Å². The first kappa shape index (κ1) is 29.5. The molecular weight excluding hydrogens is 623 g/mol. The number of rotatable bonds is 5. The van der Waals surface area contributed by atoms with E-state index in [9.17, 15) is 0 Å². The van der Waals surface area contributed by atoms with Crippen molar-refractivity contribution in [2.24, 2.45) is 0 Å². The van der Waals surface area contributed by atoms with Crippen molar-refractivity contribution >= 4 is 60.2 Å². The van der Waals surface area contributed by atoms with E-state index in [1.54, 1.807) is 0 Å². The van der Waals surface area contributed by atoms with Gasteiger partial charge in [0.2, 0.25) is 0 Å². The van der Waals surface area contributed by atoms with E-state index >= 15 is 0 Å². The molecule has 0 bridgehead atoms. The van der Waals surface area contributed by atoms with Gasteiger partial charge in [-0.05, 0) is 105 Å². The van der Waals surface area contributed by atoms with Crippen LogP contribution in [0, 0.1) is 0 Å². The van der Waals surface area contributed by atoms with Crippen molar-refractivity contribution in [3.8, 4) is 22.5 Å². The van der Waals surface area contributed by atoms with Crippen LogP contribution in [0.1, 0.15) is 42.9 Å². The normalized spacial score (nSPS) is 14.6. The molecular formula is C47H33N3O. The summed E-state index contributed by atoms with van der Waals surface area (Å²) in [5, 5.41) is 7.10. The molecule has 6 aromatic carbocycles. The van der Waals surface area contributed by atoms with Gasteiger partial charge >= 0.3 is 0 Å². The Labute approximate surface area is 295 Å². The molecule has 2 heterocycles. The van der Waals surface area contributed by atoms with Crippen molar-refractivity contribution in [2.75, 3.05) is 0 Å². The Morgan fingerprint density at radius 2 is 1.18 bits per heavy atom. The second-order valence-electron chi connectivity index (χ2n) is 13.4. The first-order valence-electron chi connectivity index (χ1n) is 17.7. The highest BCUT2D eigenvalue weighted by atomic mass is 16.3. The number of nitrogens with zero attached hydrogens (tertiary/aromatic N) is 3. The molecule has 51 heavy (non-hydrogen) atoms. The molecule has 0 saturated heterocycles. The van der Waals surface area contributed by atoms with Crippen LogP contribution in [-0.2, 0) is 0 Å². The number of hydrogen-bond acceptors (Lipinski definition) is 4. The summed E-state index contributed by atoms with van der Waals surface area (Å²) in [5.74, 6) is 2.16. The van der Waals surface area contributed by atoms with Crippen LogP contribution in [0.15, 0.2) is 156 Å². The third kappa shape index (κ3) is 5.37. The molecule has 0 atom stereocenters. The first-order valence-corrected chi connectivity index (χ1v) is 17.7. The maximum absolute atomic E-state index is 6.21. The Kier molecular flexibility index (Phi) is 7.05. The summed E-state index contributed by atoms with van der Waals surface area (Å²) in [6, 6.07) is 43.0. The van der Waals surface area contributed by atoms with Gasteiger partial charge in [0.15, 0.2) is 17.5 Å². The van der Waals surface area contributed by atoms with Crippen molar-refractivity contribution in [1.29, 1.82) is 0 Å². The fourth-order valence-electron chi connectivity index (χ4n) is 7.58. The number of para-hydroxylation sites is 1. The molecule has 0 unspecified atom stereocenters. The Morgan fingerprint density at radius 3 is 2.04 bits per heavy atom. The molecule has 0 fully saturated rings. The highest BCUT2D eigenvalue weighted by Gasteiger charge is 2.18. The van der Waals surface area contributed by atoms with Gasteiger partial charge in [-0.2, -0.15) is 0 Å².